The quantitative estimate of drug-likeness (QED) is 0.510. The van der Waals surface area contributed by atoms with Gasteiger partial charge in [0.15, 0.2) is 0 Å². The van der Waals surface area contributed by atoms with Crippen LogP contribution >= 0.6 is 0 Å². The third kappa shape index (κ3) is 3.53. The fraction of sp³-hybridized carbons (Fsp3) is 0.667. The molecule has 2 heteroatoms. The van der Waals surface area contributed by atoms with Gasteiger partial charge in [-0.2, -0.15) is 0 Å². The topological polar surface area (TPSA) is 34.1 Å². The van der Waals surface area contributed by atoms with Gasteiger partial charge in [-0.3, -0.25) is 0 Å². The van der Waals surface area contributed by atoms with Gasteiger partial charge in [0, 0.05) is 12.3 Å². The summed E-state index contributed by atoms with van der Waals surface area (Å²) < 4.78 is 6.59. The van der Waals surface area contributed by atoms with Crippen LogP contribution in [-0.4, -0.2) is 12.0 Å². The molecule has 0 N–H and O–H groups in total. The highest BCUT2D eigenvalue weighted by Crippen LogP contribution is 1.96. The molecule has 46 valence electrons. The second kappa shape index (κ2) is 3.36. The van der Waals surface area contributed by atoms with Crippen LogP contribution in [0.1, 0.15) is 21.6 Å². The lowest BCUT2D eigenvalue weighted by Gasteiger charge is -1.94. The maximum absolute atomic E-state index is 10.3. The van der Waals surface area contributed by atoms with E-state index in [9.17, 15) is 9.59 Å². The average Bonchev–Trinajstić information content (AvgIpc) is 1.63. The van der Waals surface area contributed by atoms with Gasteiger partial charge in [0.1, 0.15) is 13.4 Å². The molecule has 0 aromatic carbocycles. The molecule has 0 saturated carbocycles. The second-order valence-electron chi connectivity index (χ2n) is 1.93. The van der Waals surface area contributed by atoms with Crippen molar-refractivity contribution in [2.24, 2.45) is 5.92 Å². The molecular formula is C6H10O2. The minimum absolute atomic E-state index is 0.0388. The van der Waals surface area contributed by atoms with Gasteiger partial charge < -0.3 is 9.59 Å². The molecule has 0 amide bonds. The number of aldehydes is 1. The van der Waals surface area contributed by atoms with E-state index in [4.69, 9.17) is 1.37 Å². The first-order valence-corrected chi connectivity index (χ1v) is 2.54. The van der Waals surface area contributed by atoms with E-state index in [0.29, 0.717) is 0 Å². The number of ketones is 1. The summed E-state index contributed by atoms with van der Waals surface area (Å²) in [5, 5.41) is 0. The van der Waals surface area contributed by atoms with Crippen molar-refractivity contribution >= 4 is 12.0 Å². The Morgan fingerprint density at radius 1 is 2.00 bits per heavy atom. The lowest BCUT2D eigenvalue weighted by molar-refractivity contribution is -0.120. The van der Waals surface area contributed by atoms with E-state index in [2.05, 4.69) is 0 Å². The fourth-order valence-electron chi connectivity index (χ4n) is 0.473. The Morgan fingerprint density at radius 3 is 2.62 bits per heavy atom. The van der Waals surface area contributed by atoms with Gasteiger partial charge in [0.05, 0.1) is 0 Å². The molecule has 0 spiro atoms. The Balaban J connectivity index is 3.63. The van der Waals surface area contributed by atoms with E-state index in [1.807, 2.05) is 0 Å². The molecule has 2 nitrogen and oxygen atoms in total. The first-order valence-electron chi connectivity index (χ1n) is 3.04. The van der Waals surface area contributed by atoms with Gasteiger partial charge >= 0.3 is 0 Å². The van der Waals surface area contributed by atoms with Crippen LogP contribution in [0.2, 0.25) is 0 Å². The van der Waals surface area contributed by atoms with Crippen LogP contribution < -0.4 is 0 Å². The van der Waals surface area contributed by atoms with E-state index in [0.717, 1.165) is 0 Å². The summed E-state index contributed by atoms with van der Waals surface area (Å²) in [4.78, 5) is 20.5. The largest absolute Gasteiger partial charge is 0.303 e. The zero-order chi connectivity index (χ0) is 7.44. The fourth-order valence-corrected chi connectivity index (χ4v) is 0.473. The van der Waals surface area contributed by atoms with Gasteiger partial charge in [0.25, 0.3) is 0 Å². The van der Waals surface area contributed by atoms with Crippen LogP contribution in [-0.2, 0) is 9.59 Å². The number of carbonyl (C=O) groups is 2. The standard InChI is InChI=1S/C6H10O2/c1-5(4-7)3-6(2)8/h4-5H,3H2,1-2H3/i4D. The smallest absolute Gasteiger partial charge is 0.130 e. The van der Waals surface area contributed by atoms with E-state index >= 15 is 0 Å². The minimum atomic E-state index is -0.662. The number of carbonyl (C=O) groups excluding carboxylic acids is 2. The van der Waals surface area contributed by atoms with Gasteiger partial charge in [-0.25, -0.2) is 0 Å². The molecule has 0 bridgehead atoms. The first kappa shape index (κ1) is 5.48. The maximum atomic E-state index is 10.3. The minimum Gasteiger partial charge on any atom is -0.303 e. The number of Topliss-reactive ketones (excluding diaryl/α,β-unsaturated/α-hetero) is 1. The van der Waals surface area contributed by atoms with Crippen LogP contribution in [0.4, 0.5) is 0 Å². The molecule has 0 aromatic rings. The van der Waals surface area contributed by atoms with Gasteiger partial charge in [-0.15, -0.1) is 0 Å². The Labute approximate surface area is 50.3 Å². The highest BCUT2D eigenvalue weighted by molar-refractivity contribution is 5.78. The zero-order valence-electron chi connectivity index (χ0n) is 6.10. The molecule has 0 heterocycles. The molecule has 0 saturated heterocycles. The number of rotatable bonds is 3. The van der Waals surface area contributed by atoms with Crippen molar-refractivity contribution in [2.45, 2.75) is 20.3 Å². The van der Waals surface area contributed by atoms with Crippen molar-refractivity contribution < 1.29 is 11.0 Å². The van der Waals surface area contributed by atoms with E-state index in [1.165, 1.54) is 6.92 Å². The van der Waals surface area contributed by atoms with E-state index in [-0.39, 0.29) is 12.2 Å². The summed E-state index contributed by atoms with van der Waals surface area (Å²) >= 11 is 0. The number of hydrogen-bond acceptors (Lipinski definition) is 2. The summed E-state index contributed by atoms with van der Waals surface area (Å²) in [6, 6.07) is 0. The molecule has 1 unspecified atom stereocenters. The summed E-state index contributed by atoms with van der Waals surface area (Å²) in [6.45, 7) is 3.00. The Kier molecular flexibility index (Phi) is 2.30. The second-order valence-corrected chi connectivity index (χ2v) is 1.93. The lowest BCUT2D eigenvalue weighted by Crippen LogP contribution is -2.01. The number of hydrogen-bond donors (Lipinski definition) is 0. The van der Waals surface area contributed by atoms with Crippen molar-refractivity contribution in [3.8, 4) is 0 Å². The highest BCUT2D eigenvalue weighted by atomic mass is 16.1. The van der Waals surface area contributed by atoms with Crippen LogP contribution in [0.15, 0.2) is 0 Å². The van der Waals surface area contributed by atoms with Crippen molar-refractivity contribution in [1.29, 1.82) is 0 Å². The highest BCUT2D eigenvalue weighted by Gasteiger charge is 2.00. The van der Waals surface area contributed by atoms with E-state index in [1.54, 1.807) is 6.92 Å². The van der Waals surface area contributed by atoms with Crippen molar-refractivity contribution in [2.75, 3.05) is 0 Å². The molecule has 0 aliphatic heterocycles. The summed E-state index contributed by atoms with van der Waals surface area (Å²) in [6.07, 6.45) is -0.465. The Bertz CT molecular complexity index is 131. The Morgan fingerprint density at radius 2 is 2.50 bits per heavy atom. The summed E-state index contributed by atoms with van der Waals surface area (Å²) in [7, 11) is 0. The van der Waals surface area contributed by atoms with Crippen molar-refractivity contribution in [3.63, 3.8) is 0 Å². The van der Waals surface area contributed by atoms with Gasteiger partial charge in [-0.1, -0.05) is 6.92 Å². The van der Waals surface area contributed by atoms with Crippen LogP contribution in [0, 0.1) is 5.92 Å². The van der Waals surface area contributed by atoms with Crippen LogP contribution in [0.5, 0.6) is 0 Å². The summed E-state index contributed by atoms with van der Waals surface area (Å²) in [5.74, 6) is -0.467. The molecule has 0 aromatic heterocycles. The van der Waals surface area contributed by atoms with Gasteiger partial charge in [-0.05, 0) is 6.92 Å². The predicted octanol–water partition coefficient (Wildman–Crippen LogP) is 0.800. The van der Waals surface area contributed by atoms with Crippen LogP contribution in [0.25, 0.3) is 0 Å². The molecule has 0 rings (SSSR count). The molecule has 0 aliphatic carbocycles. The third-order valence-corrected chi connectivity index (χ3v) is 0.795. The lowest BCUT2D eigenvalue weighted by atomic mass is 10.1. The molecule has 0 radical (unpaired) electrons. The molecular weight excluding hydrogens is 104 g/mol. The first-order chi connectivity index (χ1) is 4.04. The van der Waals surface area contributed by atoms with Gasteiger partial charge in [0.2, 0.25) is 0 Å². The zero-order valence-corrected chi connectivity index (χ0v) is 5.10. The molecule has 0 aliphatic rings. The normalized spacial score (nSPS) is 14.5. The molecule has 8 heavy (non-hydrogen) atoms. The Hall–Kier alpha value is -0.660. The van der Waals surface area contributed by atoms with Crippen molar-refractivity contribution in [1.82, 2.24) is 0 Å². The van der Waals surface area contributed by atoms with E-state index < -0.39 is 12.2 Å². The van der Waals surface area contributed by atoms with Crippen LogP contribution in [0.3, 0.4) is 0 Å². The monoisotopic (exact) mass is 115 g/mol. The van der Waals surface area contributed by atoms with Crippen molar-refractivity contribution in [3.05, 3.63) is 0 Å². The average molecular weight is 115 g/mol. The summed E-state index contributed by atoms with van der Waals surface area (Å²) in [5.41, 5.74) is 0. The maximum Gasteiger partial charge on any atom is 0.130 e. The molecule has 0 fully saturated rings. The predicted molar refractivity (Wildman–Crippen MR) is 30.5 cm³/mol. The molecule has 1 atom stereocenters. The SMILES string of the molecule is [2H]C(=O)C(C)CC(C)=O. The third-order valence-electron chi connectivity index (χ3n) is 0.795.